The fraction of sp³-hybridized carbons (Fsp3) is 0.125. The molecule has 0 radical (unpaired) electrons. The molecular formula is C16H12Cl3NO4. The molecule has 2 aromatic rings. The maximum atomic E-state index is 12.1. The van der Waals surface area contributed by atoms with E-state index in [0.717, 1.165) is 0 Å². The molecule has 126 valence electrons. The fourth-order valence-electron chi connectivity index (χ4n) is 1.82. The Morgan fingerprint density at radius 3 is 2.38 bits per heavy atom. The van der Waals surface area contributed by atoms with Gasteiger partial charge >= 0.3 is 0 Å². The number of amides is 2. The van der Waals surface area contributed by atoms with Crippen molar-refractivity contribution in [2.75, 3.05) is 13.7 Å². The Morgan fingerprint density at radius 1 is 1.00 bits per heavy atom. The van der Waals surface area contributed by atoms with Crippen LogP contribution in [0.3, 0.4) is 0 Å². The minimum absolute atomic E-state index is 0.186. The second kappa shape index (κ2) is 8.24. The van der Waals surface area contributed by atoms with Crippen LogP contribution in [0, 0.1) is 0 Å². The molecule has 0 aromatic heterocycles. The smallest absolute Gasteiger partial charge is 0.264 e. The summed E-state index contributed by atoms with van der Waals surface area (Å²) in [4.78, 5) is 23.9. The van der Waals surface area contributed by atoms with Crippen molar-refractivity contribution < 1.29 is 19.1 Å². The van der Waals surface area contributed by atoms with Crippen molar-refractivity contribution in [3.63, 3.8) is 0 Å². The molecule has 0 aliphatic rings. The Balaban J connectivity index is 1.99. The first-order chi connectivity index (χ1) is 11.4. The summed E-state index contributed by atoms with van der Waals surface area (Å²) in [7, 11) is 1.43. The van der Waals surface area contributed by atoms with Gasteiger partial charge in [0.1, 0.15) is 11.5 Å². The number of benzene rings is 2. The van der Waals surface area contributed by atoms with Gasteiger partial charge in [-0.05, 0) is 18.2 Å². The normalized spacial score (nSPS) is 10.2. The third-order valence-electron chi connectivity index (χ3n) is 2.94. The van der Waals surface area contributed by atoms with E-state index in [0.29, 0.717) is 5.75 Å². The second-order valence-electron chi connectivity index (χ2n) is 4.56. The van der Waals surface area contributed by atoms with Crippen LogP contribution in [-0.2, 0) is 4.79 Å². The van der Waals surface area contributed by atoms with Crippen molar-refractivity contribution in [3.8, 4) is 11.5 Å². The summed E-state index contributed by atoms with van der Waals surface area (Å²) in [5.41, 5.74) is 0.237. The molecule has 5 nitrogen and oxygen atoms in total. The highest BCUT2D eigenvalue weighted by Crippen LogP contribution is 2.33. The van der Waals surface area contributed by atoms with Gasteiger partial charge in [0.2, 0.25) is 0 Å². The summed E-state index contributed by atoms with van der Waals surface area (Å²) < 4.78 is 10.3. The number of carbonyl (C=O) groups is 2. The average molecular weight is 389 g/mol. The van der Waals surface area contributed by atoms with Gasteiger partial charge < -0.3 is 9.47 Å². The van der Waals surface area contributed by atoms with E-state index in [1.165, 1.54) is 25.3 Å². The van der Waals surface area contributed by atoms with Crippen molar-refractivity contribution in [2.45, 2.75) is 0 Å². The lowest BCUT2D eigenvalue weighted by Crippen LogP contribution is -2.34. The minimum atomic E-state index is -0.645. The van der Waals surface area contributed by atoms with Gasteiger partial charge in [-0.3, -0.25) is 14.9 Å². The summed E-state index contributed by atoms with van der Waals surface area (Å²) in [6.45, 7) is -0.418. The largest absolute Gasteiger partial charge is 0.496 e. The number of carbonyl (C=O) groups excluding carboxylic acids is 2. The van der Waals surface area contributed by atoms with Gasteiger partial charge in [-0.15, -0.1) is 0 Å². The Labute approximate surface area is 153 Å². The van der Waals surface area contributed by atoms with Gasteiger partial charge in [-0.1, -0.05) is 46.9 Å². The zero-order chi connectivity index (χ0) is 17.7. The molecular weight excluding hydrogens is 377 g/mol. The average Bonchev–Trinajstić information content (AvgIpc) is 2.56. The van der Waals surface area contributed by atoms with Crippen LogP contribution in [-0.4, -0.2) is 25.5 Å². The molecule has 24 heavy (non-hydrogen) atoms. The Hall–Kier alpha value is -1.95. The first-order valence-corrected chi connectivity index (χ1v) is 7.80. The van der Waals surface area contributed by atoms with Gasteiger partial charge in [-0.25, -0.2) is 0 Å². The summed E-state index contributed by atoms with van der Waals surface area (Å²) in [5.74, 6) is -0.698. The number of halogens is 3. The molecule has 0 bridgehead atoms. The van der Waals surface area contributed by atoms with E-state index in [2.05, 4.69) is 5.32 Å². The van der Waals surface area contributed by atoms with E-state index in [1.54, 1.807) is 18.2 Å². The van der Waals surface area contributed by atoms with Crippen LogP contribution < -0.4 is 14.8 Å². The number of rotatable bonds is 5. The van der Waals surface area contributed by atoms with E-state index >= 15 is 0 Å². The highest BCUT2D eigenvalue weighted by atomic mass is 35.5. The first-order valence-electron chi connectivity index (χ1n) is 6.67. The topological polar surface area (TPSA) is 64.6 Å². The third kappa shape index (κ3) is 4.54. The molecule has 2 rings (SSSR count). The number of nitrogens with one attached hydrogen (secondary N) is 1. The van der Waals surface area contributed by atoms with Crippen LogP contribution in [0.4, 0.5) is 0 Å². The van der Waals surface area contributed by atoms with Crippen LogP contribution in [0.25, 0.3) is 0 Å². The van der Waals surface area contributed by atoms with E-state index in [-0.39, 0.29) is 26.4 Å². The van der Waals surface area contributed by atoms with Crippen LogP contribution in [0.15, 0.2) is 36.4 Å². The van der Waals surface area contributed by atoms with E-state index in [1.807, 2.05) is 0 Å². The van der Waals surface area contributed by atoms with Crippen LogP contribution in [0.5, 0.6) is 11.5 Å². The summed E-state index contributed by atoms with van der Waals surface area (Å²) in [5, 5.41) is 2.91. The van der Waals surface area contributed by atoms with Crippen molar-refractivity contribution in [1.29, 1.82) is 0 Å². The number of para-hydroxylation sites is 1. The molecule has 0 heterocycles. The van der Waals surface area contributed by atoms with Gasteiger partial charge in [-0.2, -0.15) is 0 Å². The summed E-state index contributed by atoms with van der Waals surface area (Å²) in [6, 6.07) is 9.32. The predicted octanol–water partition coefficient (Wildman–Crippen LogP) is 3.99. The Morgan fingerprint density at radius 2 is 1.67 bits per heavy atom. The lowest BCUT2D eigenvalue weighted by Gasteiger charge is -2.10. The molecule has 0 fully saturated rings. The molecule has 1 N–H and O–H groups in total. The van der Waals surface area contributed by atoms with Gasteiger partial charge in [0, 0.05) is 6.07 Å². The van der Waals surface area contributed by atoms with E-state index < -0.39 is 18.4 Å². The van der Waals surface area contributed by atoms with Crippen molar-refractivity contribution in [2.24, 2.45) is 0 Å². The van der Waals surface area contributed by atoms with Crippen LogP contribution in [0.1, 0.15) is 10.4 Å². The van der Waals surface area contributed by atoms with Gasteiger partial charge in [0.25, 0.3) is 11.8 Å². The minimum Gasteiger partial charge on any atom is -0.496 e. The number of imide groups is 1. The van der Waals surface area contributed by atoms with E-state index in [4.69, 9.17) is 44.3 Å². The molecule has 0 atom stereocenters. The SMILES string of the molecule is COc1ccccc1C(=O)NC(=O)COc1cc(Cl)c(Cl)cc1Cl. The first kappa shape index (κ1) is 18.4. The molecule has 2 aromatic carbocycles. The molecule has 0 saturated heterocycles. The quantitative estimate of drug-likeness (QED) is 0.787. The van der Waals surface area contributed by atoms with Crippen molar-refractivity contribution in [3.05, 3.63) is 57.0 Å². The molecule has 0 aliphatic carbocycles. The van der Waals surface area contributed by atoms with Crippen LogP contribution >= 0.6 is 34.8 Å². The van der Waals surface area contributed by atoms with Crippen molar-refractivity contribution >= 4 is 46.6 Å². The lowest BCUT2D eigenvalue weighted by atomic mass is 10.2. The number of hydrogen-bond donors (Lipinski definition) is 1. The standard InChI is InChI=1S/C16H12Cl3NO4/c1-23-13-5-3-2-4-9(13)16(22)20-15(21)8-24-14-7-11(18)10(17)6-12(14)19/h2-7H,8H2,1H3,(H,20,21,22). The van der Waals surface area contributed by atoms with Gasteiger partial charge in [0.15, 0.2) is 6.61 Å². The zero-order valence-corrected chi connectivity index (χ0v) is 14.7. The number of ether oxygens (including phenoxy) is 2. The number of hydrogen-bond acceptors (Lipinski definition) is 4. The summed E-state index contributed by atoms with van der Waals surface area (Å²) >= 11 is 17.6. The van der Waals surface area contributed by atoms with Gasteiger partial charge in [0.05, 0.1) is 27.7 Å². The predicted molar refractivity (Wildman–Crippen MR) is 92.4 cm³/mol. The monoisotopic (exact) mass is 387 g/mol. The third-order valence-corrected chi connectivity index (χ3v) is 3.96. The lowest BCUT2D eigenvalue weighted by molar-refractivity contribution is -0.122. The van der Waals surface area contributed by atoms with E-state index in [9.17, 15) is 9.59 Å². The second-order valence-corrected chi connectivity index (χ2v) is 5.78. The molecule has 0 aliphatic heterocycles. The maximum absolute atomic E-state index is 12.1. The maximum Gasteiger partial charge on any atom is 0.264 e. The molecule has 2 amide bonds. The molecule has 0 saturated carbocycles. The fourth-order valence-corrected chi connectivity index (χ4v) is 2.41. The van der Waals surface area contributed by atoms with Crippen molar-refractivity contribution in [1.82, 2.24) is 5.32 Å². The molecule has 0 spiro atoms. The highest BCUT2D eigenvalue weighted by molar-refractivity contribution is 6.43. The Kier molecular flexibility index (Phi) is 6.31. The zero-order valence-electron chi connectivity index (χ0n) is 12.4. The molecule has 0 unspecified atom stereocenters. The highest BCUT2D eigenvalue weighted by Gasteiger charge is 2.15. The molecule has 8 heteroatoms. The van der Waals surface area contributed by atoms with Crippen LogP contribution in [0.2, 0.25) is 15.1 Å². The summed E-state index contributed by atoms with van der Waals surface area (Å²) in [6.07, 6.45) is 0. The Bertz CT molecular complexity index is 780. The number of methoxy groups -OCH3 is 1.